The van der Waals surface area contributed by atoms with E-state index in [-0.39, 0.29) is 0 Å². The van der Waals surface area contributed by atoms with E-state index in [1.54, 1.807) is 0 Å². The van der Waals surface area contributed by atoms with E-state index in [4.69, 9.17) is 10.8 Å². The summed E-state index contributed by atoms with van der Waals surface area (Å²) in [6.45, 7) is 0.636. The van der Waals surface area contributed by atoms with Crippen LogP contribution in [0, 0.1) is 0 Å². The van der Waals surface area contributed by atoms with Gasteiger partial charge in [-0.15, -0.1) is 0 Å². The maximum absolute atomic E-state index is 10.5. The summed E-state index contributed by atoms with van der Waals surface area (Å²) in [7, 11) is 1.92. The predicted molar refractivity (Wildman–Crippen MR) is 59.9 cm³/mol. The van der Waals surface area contributed by atoms with Gasteiger partial charge in [-0.25, -0.2) is 0 Å². The molecule has 4 nitrogen and oxygen atoms in total. The van der Waals surface area contributed by atoms with Crippen molar-refractivity contribution in [2.24, 2.45) is 5.73 Å². The summed E-state index contributed by atoms with van der Waals surface area (Å²) in [4.78, 5) is 12.5. The van der Waals surface area contributed by atoms with Gasteiger partial charge in [-0.1, -0.05) is 18.2 Å². The Morgan fingerprint density at radius 3 is 2.60 bits per heavy atom. The van der Waals surface area contributed by atoms with Gasteiger partial charge >= 0.3 is 5.97 Å². The van der Waals surface area contributed by atoms with Crippen molar-refractivity contribution in [3.8, 4) is 0 Å². The van der Waals surface area contributed by atoms with Crippen molar-refractivity contribution in [3.63, 3.8) is 0 Å². The number of carboxylic acid groups (broad SMARTS) is 1. The minimum Gasteiger partial charge on any atom is -0.480 e. The number of carbonyl (C=O) groups is 1. The molecule has 0 spiro atoms. The normalized spacial score (nSPS) is 12.1. The van der Waals surface area contributed by atoms with E-state index in [9.17, 15) is 4.79 Å². The average molecular weight is 208 g/mol. The van der Waals surface area contributed by atoms with E-state index >= 15 is 0 Å². The van der Waals surface area contributed by atoms with E-state index in [0.717, 1.165) is 5.69 Å². The van der Waals surface area contributed by atoms with Crippen LogP contribution in [-0.2, 0) is 4.79 Å². The van der Waals surface area contributed by atoms with Gasteiger partial charge in [-0.3, -0.25) is 4.79 Å². The summed E-state index contributed by atoms with van der Waals surface area (Å²) in [5.41, 5.74) is 6.48. The summed E-state index contributed by atoms with van der Waals surface area (Å²) < 4.78 is 0. The lowest BCUT2D eigenvalue weighted by Gasteiger charge is -2.20. The lowest BCUT2D eigenvalue weighted by Crippen LogP contribution is -2.34. The summed E-state index contributed by atoms with van der Waals surface area (Å²) in [5, 5.41) is 8.62. The summed E-state index contributed by atoms with van der Waals surface area (Å²) in [6.07, 6.45) is 0.445. The summed E-state index contributed by atoms with van der Waals surface area (Å²) in [5.74, 6) is -0.948. The molecule has 0 saturated carbocycles. The van der Waals surface area contributed by atoms with Crippen molar-refractivity contribution in [3.05, 3.63) is 30.3 Å². The molecule has 0 heterocycles. The topological polar surface area (TPSA) is 66.6 Å². The third-order valence-corrected chi connectivity index (χ3v) is 2.29. The predicted octanol–water partition coefficient (Wildman–Crippen LogP) is 0.925. The van der Waals surface area contributed by atoms with Gasteiger partial charge in [0.25, 0.3) is 0 Å². The van der Waals surface area contributed by atoms with E-state index in [1.165, 1.54) is 0 Å². The molecule has 82 valence electrons. The molecule has 0 aromatic heterocycles. The van der Waals surface area contributed by atoms with Crippen LogP contribution in [0.3, 0.4) is 0 Å². The molecule has 0 fully saturated rings. The second-order valence-corrected chi connectivity index (χ2v) is 3.49. The van der Waals surface area contributed by atoms with E-state index in [1.807, 2.05) is 42.3 Å². The highest BCUT2D eigenvalue weighted by molar-refractivity contribution is 5.73. The smallest absolute Gasteiger partial charge is 0.320 e. The second-order valence-electron chi connectivity index (χ2n) is 3.49. The summed E-state index contributed by atoms with van der Waals surface area (Å²) >= 11 is 0. The Morgan fingerprint density at radius 2 is 2.07 bits per heavy atom. The SMILES string of the molecule is CN(CC[C@H](N)C(=O)O)c1ccccc1. The number of rotatable bonds is 5. The molecule has 0 unspecified atom stereocenters. The fraction of sp³-hybridized carbons (Fsp3) is 0.364. The van der Waals surface area contributed by atoms with Crippen LogP contribution in [0.4, 0.5) is 5.69 Å². The first-order chi connectivity index (χ1) is 7.11. The molecule has 0 radical (unpaired) electrons. The van der Waals surface area contributed by atoms with Crippen LogP contribution in [0.5, 0.6) is 0 Å². The zero-order valence-electron chi connectivity index (χ0n) is 8.76. The van der Waals surface area contributed by atoms with Crippen LogP contribution in [0.1, 0.15) is 6.42 Å². The molecule has 1 atom stereocenters. The Labute approximate surface area is 89.3 Å². The van der Waals surface area contributed by atoms with Gasteiger partial charge in [0.1, 0.15) is 6.04 Å². The lowest BCUT2D eigenvalue weighted by atomic mass is 10.2. The fourth-order valence-electron chi connectivity index (χ4n) is 1.27. The third kappa shape index (κ3) is 3.59. The molecule has 0 aliphatic carbocycles. The van der Waals surface area contributed by atoms with Crippen molar-refractivity contribution in [2.75, 3.05) is 18.5 Å². The highest BCUT2D eigenvalue weighted by Crippen LogP contribution is 2.11. The van der Waals surface area contributed by atoms with Crippen LogP contribution >= 0.6 is 0 Å². The first kappa shape index (κ1) is 11.5. The number of nitrogens with two attached hydrogens (primary N) is 1. The molecule has 1 aromatic rings. The van der Waals surface area contributed by atoms with Crippen LogP contribution in [0.25, 0.3) is 0 Å². The number of hydrogen-bond acceptors (Lipinski definition) is 3. The van der Waals surface area contributed by atoms with Crippen molar-refractivity contribution in [1.29, 1.82) is 0 Å². The molecule has 1 rings (SSSR count). The maximum atomic E-state index is 10.5. The Hall–Kier alpha value is -1.55. The van der Waals surface area contributed by atoms with Gasteiger partial charge < -0.3 is 15.7 Å². The monoisotopic (exact) mass is 208 g/mol. The fourth-order valence-corrected chi connectivity index (χ4v) is 1.27. The molecule has 4 heteroatoms. The van der Waals surface area contributed by atoms with Crippen LogP contribution in [0.15, 0.2) is 30.3 Å². The minimum absolute atomic E-state index is 0.445. The van der Waals surface area contributed by atoms with Gasteiger partial charge in [0, 0.05) is 19.3 Å². The van der Waals surface area contributed by atoms with E-state index in [0.29, 0.717) is 13.0 Å². The van der Waals surface area contributed by atoms with Gasteiger partial charge in [0.15, 0.2) is 0 Å². The molecular weight excluding hydrogens is 192 g/mol. The number of benzene rings is 1. The second kappa shape index (κ2) is 5.36. The van der Waals surface area contributed by atoms with Crippen molar-refractivity contribution in [1.82, 2.24) is 0 Å². The van der Waals surface area contributed by atoms with Gasteiger partial charge in [-0.2, -0.15) is 0 Å². The Bertz CT molecular complexity index is 314. The quantitative estimate of drug-likeness (QED) is 0.755. The Kier molecular flexibility index (Phi) is 4.12. The Morgan fingerprint density at radius 1 is 1.47 bits per heavy atom. The van der Waals surface area contributed by atoms with E-state index < -0.39 is 12.0 Å². The summed E-state index contributed by atoms with van der Waals surface area (Å²) in [6, 6.07) is 9.02. The highest BCUT2D eigenvalue weighted by atomic mass is 16.4. The van der Waals surface area contributed by atoms with Crippen molar-refractivity contribution < 1.29 is 9.90 Å². The minimum atomic E-state index is -0.948. The largest absolute Gasteiger partial charge is 0.480 e. The first-order valence-electron chi connectivity index (χ1n) is 4.86. The van der Waals surface area contributed by atoms with Crippen LogP contribution in [0.2, 0.25) is 0 Å². The van der Waals surface area contributed by atoms with E-state index in [2.05, 4.69) is 0 Å². The maximum Gasteiger partial charge on any atom is 0.320 e. The molecule has 0 saturated heterocycles. The van der Waals surface area contributed by atoms with Crippen molar-refractivity contribution >= 4 is 11.7 Å². The molecule has 0 amide bonds. The van der Waals surface area contributed by atoms with Gasteiger partial charge in [0.05, 0.1) is 0 Å². The molecule has 15 heavy (non-hydrogen) atoms. The average Bonchev–Trinajstić information content (AvgIpc) is 2.26. The number of aliphatic carboxylic acids is 1. The third-order valence-electron chi connectivity index (χ3n) is 2.29. The number of nitrogens with zero attached hydrogens (tertiary/aromatic N) is 1. The van der Waals surface area contributed by atoms with Gasteiger partial charge in [0.2, 0.25) is 0 Å². The standard InChI is InChI=1S/C11H16N2O2/c1-13(8-7-10(12)11(14)15)9-5-3-2-4-6-9/h2-6,10H,7-8,12H2,1H3,(H,14,15)/t10-/m0/s1. The number of carboxylic acids is 1. The van der Waals surface area contributed by atoms with Crippen LogP contribution in [-0.4, -0.2) is 30.7 Å². The molecule has 0 aliphatic heterocycles. The molecule has 0 aliphatic rings. The number of hydrogen-bond donors (Lipinski definition) is 2. The zero-order chi connectivity index (χ0) is 11.3. The Balaban J connectivity index is 2.43. The molecule has 0 bridgehead atoms. The lowest BCUT2D eigenvalue weighted by molar-refractivity contribution is -0.138. The van der Waals surface area contributed by atoms with Crippen LogP contribution < -0.4 is 10.6 Å². The highest BCUT2D eigenvalue weighted by Gasteiger charge is 2.11. The van der Waals surface area contributed by atoms with Gasteiger partial charge in [-0.05, 0) is 18.6 Å². The molecule has 3 N–H and O–H groups in total. The molecular formula is C11H16N2O2. The number of anilines is 1. The van der Waals surface area contributed by atoms with Crippen molar-refractivity contribution in [2.45, 2.75) is 12.5 Å². The number of para-hydroxylation sites is 1. The molecule has 1 aromatic carbocycles. The first-order valence-corrected chi connectivity index (χ1v) is 4.86. The zero-order valence-corrected chi connectivity index (χ0v) is 8.76.